The van der Waals surface area contributed by atoms with Gasteiger partial charge in [-0.1, -0.05) is 6.92 Å². The number of nitrogens with one attached hydrogen (secondary N) is 2. The van der Waals surface area contributed by atoms with Gasteiger partial charge in [-0.3, -0.25) is 4.79 Å². The highest BCUT2D eigenvalue weighted by Gasteiger charge is 2.08. The van der Waals surface area contributed by atoms with Crippen molar-refractivity contribution in [1.82, 2.24) is 15.5 Å². The Kier molecular flexibility index (Phi) is 8.33. The standard InChI is InChI=1S/C11H25N3O/c1-5-10(2)13-9-11(15)14(4)8-6-7-12-3/h10,12-13H,5-9H2,1-4H3. The predicted octanol–water partition coefficient (Wildman–Crippen LogP) is 0.442. The van der Waals surface area contributed by atoms with E-state index in [1.165, 1.54) is 0 Å². The number of hydrogen-bond acceptors (Lipinski definition) is 3. The average molecular weight is 215 g/mol. The topological polar surface area (TPSA) is 44.4 Å². The molecule has 0 saturated carbocycles. The van der Waals surface area contributed by atoms with E-state index in [1.807, 2.05) is 14.1 Å². The van der Waals surface area contributed by atoms with Gasteiger partial charge in [-0.05, 0) is 33.4 Å². The predicted molar refractivity (Wildman–Crippen MR) is 63.9 cm³/mol. The number of rotatable bonds is 8. The van der Waals surface area contributed by atoms with Crippen molar-refractivity contribution in [3.05, 3.63) is 0 Å². The Hall–Kier alpha value is -0.610. The fourth-order valence-corrected chi connectivity index (χ4v) is 1.16. The molecular formula is C11H25N3O. The smallest absolute Gasteiger partial charge is 0.236 e. The molecule has 4 heteroatoms. The first-order chi connectivity index (χ1) is 7.11. The minimum absolute atomic E-state index is 0.173. The van der Waals surface area contributed by atoms with Crippen molar-refractivity contribution in [3.8, 4) is 0 Å². The third-order valence-corrected chi connectivity index (χ3v) is 2.56. The van der Waals surface area contributed by atoms with Crippen molar-refractivity contribution in [2.45, 2.75) is 32.7 Å². The van der Waals surface area contributed by atoms with Crippen LogP contribution in [0.5, 0.6) is 0 Å². The zero-order chi connectivity index (χ0) is 11.7. The zero-order valence-electron chi connectivity index (χ0n) is 10.5. The Morgan fingerprint density at radius 3 is 2.67 bits per heavy atom. The van der Waals surface area contributed by atoms with Crippen LogP contribution in [0.1, 0.15) is 26.7 Å². The first kappa shape index (κ1) is 14.4. The van der Waals surface area contributed by atoms with Crippen molar-refractivity contribution in [1.29, 1.82) is 0 Å². The zero-order valence-corrected chi connectivity index (χ0v) is 10.5. The van der Waals surface area contributed by atoms with Gasteiger partial charge < -0.3 is 15.5 Å². The van der Waals surface area contributed by atoms with E-state index >= 15 is 0 Å². The van der Waals surface area contributed by atoms with Crippen molar-refractivity contribution >= 4 is 5.91 Å². The van der Waals surface area contributed by atoms with Crippen LogP contribution in [0.25, 0.3) is 0 Å². The summed E-state index contributed by atoms with van der Waals surface area (Å²) in [5.41, 5.74) is 0. The van der Waals surface area contributed by atoms with E-state index in [0.717, 1.165) is 25.9 Å². The number of carbonyl (C=O) groups is 1. The Morgan fingerprint density at radius 1 is 1.47 bits per heavy atom. The van der Waals surface area contributed by atoms with Crippen LogP contribution in [0.3, 0.4) is 0 Å². The lowest BCUT2D eigenvalue weighted by atomic mass is 10.2. The van der Waals surface area contributed by atoms with Crippen LogP contribution in [0.4, 0.5) is 0 Å². The molecule has 0 bridgehead atoms. The molecule has 0 fully saturated rings. The summed E-state index contributed by atoms with van der Waals surface area (Å²) >= 11 is 0. The largest absolute Gasteiger partial charge is 0.345 e. The maximum Gasteiger partial charge on any atom is 0.236 e. The molecule has 0 saturated heterocycles. The Bertz CT molecular complexity index is 173. The molecule has 2 N–H and O–H groups in total. The summed E-state index contributed by atoms with van der Waals surface area (Å²) in [6.45, 7) is 6.43. The van der Waals surface area contributed by atoms with Crippen molar-refractivity contribution in [2.24, 2.45) is 0 Å². The van der Waals surface area contributed by atoms with Gasteiger partial charge in [0.15, 0.2) is 0 Å². The molecule has 0 aliphatic rings. The van der Waals surface area contributed by atoms with Gasteiger partial charge in [-0.25, -0.2) is 0 Å². The van der Waals surface area contributed by atoms with Crippen LogP contribution in [0.15, 0.2) is 0 Å². The maximum atomic E-state index is 11.6. The van der Waals surface area contributed by atoms with Crippen LogP contribution in [-0.2, 0) is 4.79 Å². The fraction of sp³-hybridized carbons (Fsp3) is 0.909. The lowest BCUT2D eigenvalue weighted by Gasteiger charge is -2.19. The highest BCUT2D eigenvalue weighted by atomic mass is 16.2. The molecule has 0 heterocycles. The van der Waals surface area contributed by atoms with Gasteiger partial charge in [0.2, 0.25) is 5.91 Å². The molecule has 15 heavy (non-hydrogen) atoms. The first-order valence-electron chi connectivity index (χ1n) is 5.73. The first-order valence-corrected chi connectivity index (χ1v) is 5.73. The molecule has 0 aromatic rings. The quantitative estimate of drug-likeness (QED) is 0.578. The molecule has 0 rings (SSSR count). The van der Waals surface area contributed by atoms with Crippen LogP contribution in [0, 0.1) is 0 Å². The summed E-state index contributed by atoms with van der Waals surface area (Å²) in [7, 11) is 3.78. The Morgan fingerprint density at radius 2 is 2.13 bits per heavy atom. The van der Waals surface area contributed by atoms with Crippen molar-refractivity contribution in [2.75, 3.05) is 33.7 Å². The van der Waals surface area contributed by atoms with Gasteiger partial charge in [0, 0.05) is 19.6 Å². The minimum atomic E-state index is 0.173. The number of nitrogens with zero attached hydrogens (tertiary/aromatic N) is 1. The fourth-order valence-electron chi connectivity index (χ4n) is 1.16. The van der Waals surface area contributed by atoms with E-state index in [9.17, 15) is 4.79 Å². The van der Waals surface area contributed by atoms with Crippen molar-refractivity contribution in [3.63, 3.8) is 0 Å². The monoisotopic (exact) mass is 215 g/mol. The highest BCUT2D eigenvalue weighted by molar-refractivity contribution is 5.77. The molecule has 0 radical (unpaired) electrons. The molecule has 1 amide bonds. The van der Waals surface area contributed by atoms with E-state index in [-0.39, 0.29) is 5.91 Å². The van der Waals surface area contributed by atoms with E-state index in [1.54, 1.807) is 4.90 Å². The summed E-state index contributed by atoms with van der Waals surface area (Å²) in [5, 5.41) is 6.26. The maximum absolute atomic E-state index is 11.6. The average Bonchev–Trinajstić information content (AvgIpc) is 2.25. The normalized spacial score (nSPS) is 12.5. The summed E-state index contributed by atoms with van der Waals surface area (Å²) in [4.78, 5) is 13.4. The second kappa shape index (κ2) is 8.68. The second-order valence-electron chi connectivity index (χ2n) is 3.96. The van der Waals surface area contributed by atoms with Crippen LogP contribution >= 0.6 is 0 Å². The molecule has 0 aromatic carbocycles. The third kappa shape index (κ3) is 7.33. The third-order valence-electron chi connectivity index (χ3n) is 2.56. The molecule has 1 atom stereocenters. The SMILES string of the molecule is CCC(C)NCC(=O)N(C)CCCNC. The van der Waals surface area contributed by atoms with Crippen LogP contribution in [0.2, 0.25) is 0 Å². The number of amides is 1. The van der Waals surface area contributed by atoms with Gasteiger partial charge in [0.05, 0.1) is 6.54 Å². The lowest BCUT2D eigenvalue weighted by Crippen LogP contribution is -2.39. The summed E-state index contributed by atoms with van der Waals surface area (Å²) < 4.78 is 0. The van der Waals surface area contributed by atoms with Crippen molar-refractivity contribution < 1.29 is 4.79 Å². The minimum Gasteiger partial charge on any atom is -0.345 e. The molecule has 4 nitrogen and oxygen atoms in total. The van der Waals surface area contributed by atoms with E-state index < -0.39 is 0 Å². The highest BCUT2D eigenvalue weighted by Crippen LogP contribution is 1.90. The molecule has 0 spiro atoms. The van der Waals surface area contributed by atoms with Crippen LogP contribution in [-0.4, -0.2) is 50.6 Å². The molecule has 0 aromatic heterocycles. The van der Waals surface area contributed by atoms with Gasteiger partial charge >= 0.3 is 0 Å². The summed E-state index contributed by atoms with van der Waals surface area (Å²) in [6.07, 6.45) is 2.05. The Balaban J connectivity index is 3.60. The van der Waals surface area contributed by atoms with Gasteiger partial charge in [0.25, 0.3) is 0 Å². The number of hydrogen-bond donors (Lipinski definition) is 2. The molecule has 1 unspecified atom stereocenters. The lowest BCUT2D eigenvalue weighted by molar-refractivity contribution is -0.129. The van der Waals surface area contributed by atoms with Gasteiger partial charge in [-0.2, -0.15) is 0 Å². The molecule has 0 aliphatic carbocycles. The molecular weight excluding hydrogens is 190 g/mol. The van der Waals surface area contributed by atoms with Gasteiger partial charge in [-0.15, -0.1) is 0 Å². The van der Waals surface area contributed by atoms with E-state index in [2.05, 4.69) is 24.5 Å². The van der Waals surface area contributed by atoms with E-state index in [4.69, 9.17) is 0 Å². The van der Waals surface area contributed by atoms with E-state index in [0.29, 0.717) is 12.6 Å². The Labute approximate surface area is 93.4 Å². The second-order valence-corrected chi connectivity index (χ2v) is 3.96. The number of carbonyl (C=O) groups excluding carboxylic acids is 1. The number of likely N-dealkylation sites (N-methyl/N-ethyl adjacent to an activating group) is 1. The van der Waals surface area contributed by atoms with Crippen LogP contribution < -0.4 is 10.6 Å². The molecule has 0 aliphatic heterocycles. The summed E-state index contributed by atoms with van der Waals surface area (Å²) in [5.74, 6) is 0.173. The van der Waals surface area contributed by atoms with Gasteiger partial charge in [0.1, 0.15) is 0 Å². The summed E-state index contributed by atoms with van der Waals surface area (Å²) in [6, 6.07) is 0.416. The molecule has 90 valence electrons.